The highest BCUT2D eigenvalue weighted by Gasteiger charge is 2.34. The van der Waals surface area contributed by atoms with Gasteiger partial charge in [0.2, 0.25) is 0 Å². The standard InChI is InChI=1S/C33H29BrN4O6S/c1-21-6-10-25(11-7-21)36-31(39)20-44-27-13-9-24(34)16-23(27)17-30-32(40)38(19-26-5-4-14-43-26)33(45-30)37-35-18-22-8-12-28(41-2)29(15-22)42-3/h4-18H,19-20H2,1-3H3,(H,36,39)/b30-17-,35-18+,37-33-. The molecule has 3 aromatic carbocycles. The van der Waals surface area contributed by atoms with E-state index in [1.165, 1.54) is 16.7 Å². The Balaban J connectivity index is 1.37. The third-order valence-corrected chi connectivity index (χ3v) is 7.98. The van der Waals surface area contributed by atoms with E-state index >= 15 is 0 Å². The lowest BCUT2D eigenvalue weighted by molar-refractivity contribution is -0.122. The molecule has 1 N–H and O–H groups in total. The molecule has 4 aromatic rings. The average molecular weight is 690 g/mol. The Morgan fingerprint density at radius 3 is 2.53 bits per heavy atom. The van der Waals surface area contributed by atoms with E-state index in [0.717, 1.165) is 15.6 Å². The molecule has 45 heavy (non-hydrogen) atoms. The van der Waals surface area contributed by atoms with E-state index in [4.69, 9.17) is 18.6 Å². The van der Waals surface area contributed by atoms with Crippen molar-refractivity contribution in [3.63, 3.8) is 0 Å². The summed E-state index contributed by atoms with van der Waals surface area (Å²) in [5.41, 5.74) is 3.12. The van der Waals surface area contributed by atoms with Crippen LogP contribution in [0.15, 0.2) is 103 Å². The lowest BCUT2D eigenvalue weighted by Gasteiger charge is -2.13. The zero-order valence-corrected chi connectivity index (χ0v) is 27.1. The fourth-order valence-corrected chi connectivity index (χ4v) is 5.54. The first-order chi connectivity index (χ1) is 21.8. The second-order valence-electron chi connectivity index (χ2n) is 9.71. The largest absolute Gasteiger partial charge is 0.493 e. The minimum Gasteiger partial charge on any atom is -0.493 e. The summed E-state index contributed by atoms with van der Waals surface area (Å²) in [6, 6.07) is 21.8. The molecule has 12 heteroatoms. The molecule has 230 valence electrons. The molecular formula is C33H29BrN4O6S. The third-order valence-electron chi connectivity index (χ3n) is 6.49. The average Bonchev–Trinajstić information content (AvgIpc) is 3.66. The molecule has 1 aliphatic heterocycles. The van der Waals surface area contributed by atoms with Crippen LogP contribution in [-0.2, 0) is 16.1 Å². The number of anilines is 1. The molecule has 0 saturated carbocycles. The number of nitrogens with zero attached hydrogens (tertiary/aromatic N) is 3. The number of rotatable bonds is 11. The molecule has 1 aliphatic rings. The molecule has 0 aliphatic carbocycles. The number of methoxy groups -OCH3 is 2. The van der Waals surface area contributed by atoms with E-state index in [0.29, 0.717) is 44.3 Å². The highest BCUT2D eigenvalue weighted by atomic mass is 79.9. The van der Waals surface area contributed by atoms with Gasteiger partial charge < -0.3 is 23.9 Å². The highest BCUT2D eigenvalue weighted by molar-refractivity contribution is 9.10. The lowest BCUT2D eigenvalue weighted by atomic mass is 10.2. The SMILES string of the molecule is COc1ccc(/C=N/N=C2\S/C(=C\c3cc(Br)ccc3OCC(=O)Nc3ccc(C)cc3)C(=O)N2Cc2ccco2)cc1OC. The quantitative estimate of drug-likeness (QED) is 0.104. The van der Waals surface area contributed by atoms with Gasteiger partial charge in [0.1, 0.15) is 11.5 Å². The van der Waals surface area contributed by atoms with Gasteiger partial charge in [-0.3, -0.25) is 14.5 Å². The number of amides is 2. The lowest BCUT2D eigenvalue weighted by Crippen LogP contribution is -2.28. The fourth-order valence-electron chi connectivity index (χ4n) is 4.24. The maximum absolute atomic E-state index is 13.6. The third kappa shape index (κ3) is 8.22. The van der Waals surface area contributed by atoms with Gasteiger partial charge >= 0.3 is 0 Å². The zero-order valence-electron chi connectivity index (χ0n) is 24.7. The first kappa shape index (κ1) is 31.6. The summed E-state index contributed by atoms with van der Waals surface area (Å²) < 4.78 is 22.8. The minimum atomic E-state index is -0.307. The van der Waals surface area contributed by atoms with Crippen molar-refractivity contribution in [1.82, 2.24) is 4.90 Å². The first-order valence-corrected chi connectivity index (χ1v) is 15.3. The summed E-state index contributed by atoms with van der Waals surface area (Å²) >= 11 is 4.66. The van der Waals surface area contributed by atoms with Gasteiger partial charge in [0, 0.05) is 15.7 Å². The number of benzene rings is 3. The summed E-state index contributed by atoms with van der Waals surface area (Å²) in [4.78, 5) is 28.1. The first-order valence-electron chi connectivity index (χ1n) is 13.7. The van der Waals surface area contributed by atoms with Gasteiger partial charge in [-0.05, 0) is 91.0 Å². The molecule has 1 saturated heterocycles. The van der Waals surface area contributed by atoms with Crippen LogP contribution in [0.3, 0.4) is 0 Å². The number of furan rings is 1. The predicted octanol–water partition coefficient (Wildman–Crippen LogP) is 6.89. The molecule has 0 radical (unpaired) electrons. The van der Waals surface area contributed by atoms with Crippen LogP contribution in [0.25, 0.3) is 6.08 Å². The predicted molar refractivity (Wildman–Crippen MR) is 179 cm³/mol. The number of amidine groups is 1. The van der Waals surface area contributed by atoms with E-state index in [2.05, 4.69) is 31.4 Å². The molecule has 0 unspecified atom stereocenters. The van der Waals surface area contributed by atoms with Crippen LogP contribution >= 0.6 is 27.7 Å². The minimum absolute atomic E-state index is 0.169. The molecule has 5 rings (SSSR count). The van der Waals surface area contributed by atoms with E-state index < -0.39 is 0 Å². The van der Waals surface area contributed by atoms with Crippen molar-refractivity contribution in [1.29, 1.82) is 0 Å². The Hall–Kier alpha value is -4.81. The number of ether oxygens (including phenoxy) is 3. The van der Waals surface area contributed by atoms with E-state index in [1.807, 2.05) is 43.3 Å². The highest BCUT2D eigenvalue weighted by Crippen LogP contribution is 2.36. The van der Waals surface area contributed by atoms with E-state index in [-0.39, 0.29) is 25.0 Å². The van der Waals surface area contributed by atoms with Crippen LogP contribution in [0.1, 0.15) is 22.5 Å². The Bertz CT molecular complexity index is 1770. The molecule has 0 spiro atoms. The van der Waals surface area contributed by atoms with Crippen molar-refractivity contribution in [2.45, 2.75) is 13.5 Å². The number of thioether (sulfide) groups is 1. The smallest absolute Gasteiger partial charge is 0.267 e. The van der Waals surface area contributed by atoms with E-state index in [1.54, 1.807) is 69.2 Å². The number of carbonyl (C=O) groups is 2. The van der Waals surface area contributed by atoms with Crippen molar-refractivity contribution in [2.75, 3.05) is 26.1 Å². The van der Waals surface area contributed by atoms with Crippen molar-refractivity contribution >= 4 is 62.7 Å². The van der Waals surface area contributed by atoms with Crippen molar-refractivity contribution < 1.29 is 28.2 Å². The second-order valence-corrected chi connectivity index (χ2v) is 11.6. The van der Waals surface area contributed by atoms with Crippen molar-refractivity contribution in [2.24, 2.45) is 10.2 Å². The molecule has 2 amide bonds. The summed E-state index contributed by atoms with van der Waals surface area (Å²) in [7, 11) is 3.12. The van der Waals surface area contributed by atoms with Gasteiger partial charge in [0.05, 0.1) is 38.1 Å². The number of hydrogen-bond acceptors (Lipinski definition) is 9. The Kier molecular flexibility index (Phi) is 10.4. The molecule has 1 aromatic heterocycles. The number of nitrogens with one attached hydrogen (secondary N) is 1. The summed E-state index contributed by atoms with van der Waals surface area (Å²) in [5, 5.41) is 11.8. The Morgan fingerprint density at radius 2 is 1.80 bits per heavy atom. The maximum atomic E-state index is 13.6. The summed E-state index contributed by atoms with van der Waals surface area (Å²) in [5.74, 6) is 1.60. The van der Waals surface area contributed by atoms with Gasteiger partial charge in [0.25, 0.3) is 11.8 Å². The van der Waals surface area contributed by atoms with Crippen LogP contribution in [0.4, 0.5) is 5.69 Å². The maximum Gasteiger partial charge on any atom is 0.267 e. The normalized spacial score (nSPS) is 14.8. The zero-order chi connectivity index (χ0) is 31.8. The van der Waals surface area contributed by atoms with E-state index in [9.17, 15) is 9.59 Å². The van der Waals surface area contributed by atoms with Crippen LogP contribution in [0, 0.1) is 6.92 Å². The van der Waals surface area contributed by atoms with Gasteiger partial charge in [-0.25, -0.2) is 0 Å². The molecular weight excluding hydrogens is 660 g/mol. The van der Waals surface area contributed by atoms with Gasteiger partial charge in [-0.15, -0.1) is 5.10 Å². The molecule has 10 nitrogen and oxygen atoms in total. The monoisotopic (exact) mass is 688 g/mol. The van der Waals surface area contributed by atoms with Gasteiger partial charge in [-0.1, -0.05) is 33.6 Å². The van der Waals surface area contributed by atoms with Crippen LogP contribution in [-0.4, -0.2) is 48.9 Å². The van der Waals surface area contributed by atoms with Gasteiger partial charge in [0.15, 0.2) is 23.3 Å². The molecule has 0 bridgehead atoms. The number of aryl methyl sites for hydroxylation is 1. The van der Waals surface area contributed by atoms with Gasteiger partial charge in [-0.2, -0.15) is 5.10 Å². The number of hydrogen-bond donors (Lipinski definition) is 1. The topological polar surface area (TPSA) is 115 Å². The van der Waals surface area contributed by atoms with Crippen LogP contribution in [0.2, 0.25) is 0 Å². The summed E-state index contributed by atoms with van der Waals surface area (Å²) in [6.45, 7) is 1.93. The number of carbonyl (C=O) groups excluding carboxylic acids is 2. The van der Waals surface area contributed by atoms with Crippen molar-refractivity contribution in [3.05, 3.63) is 111 Å². The fraction of sp³-hybridized carbons (Fsp3) is 0.152. The van der Waals surface area contributed by atoms with Crippen molar-refractivity contribution in [3.8, 4) is 17.2 Å². The summed E-state index contributed by atoms with van der Waals surface area (Å²) in [6.07, 6.45) is 4.82. The second kappa shape index (κ2) is 14.8. The Morgan fingerprint density at radius 1 is 1.02 bits per heavy atom. The Labute approximate surface area is 272 Å². The molecule has 0 atom stereocenters. The molecule has 1 fully saturated rings. The van der Waals surface area contributed by atoms with Crippen LogP contribution < -0.4 is 19.5 Å². The number of halogens is 1. The van der Waals surface area contributed by atoms with Crippen LogP contribution in [0.5, 0.6) is 17.2 Å². The molecule has 2 heterocycles.